The van der Waals surface area contributed by atoms with Gasteiger partial charge in [0.25, 0.3) is 0 Å². The Bertz CT molecular complexity index is 517. The zero-order chi connectivity index (χ0) is 14.7. The summed E-state index contributed by atoms with van der Waals surface area (Å²) in [5.74, 6) is 0.150. The van der Waals surface area contributed by atoms with E-state index in [1.165, 1.54) is 11.1 Å². The standard InChI is InChI=1S/C18H22NO2/c1-15-12-19(21-18(15)20,13-16-8-4-2-5-9-16)14-17-10-6-3-7-11-17/h2-11,15,18,20H,12-14H2,1H3/q+1. The number of benzene rings is 2. The van der Waals surface area contributed by atoms with Crippen LogP contribution in [-0.2, 0) is 17.9 Å². The summed E-state index contributed by atoms with van der Waals surface area (Å²) in [4.78, 5) is 5.96. The topological polar surface area (TPSA) is 29.5 Å². The van der Waals surface area contributed by atoms with E-state index in [4.69, 9.17) is 4.84 Å². The summed E-state index contributed by atoms with van der Waals surface area (Å²) in [7, 11) is 0. The summed E-state index contributed by atoms with van der Waals surface area (Å²) >= 11 is 0. The van der Waals surface area contributed by atoms with E-state index >= 15 is 0 Å². The lowest BCUT2D eigenvalue weighted by Gasteiger charge is -2.31. The van der Waals surface area contributed by atoms with Gasteiger partial charge in [-0.3, -0.25) is 0 Å². The normalized spacial score (nSPS) is 24.1. The molecule has 2 unspecified atom stereocenters. The molecule has 1 N–H and O–H groups in total. The minimum Gasteiger partial charge on any atom is -0.363 e. The number of aliphatic hydroxyl groups excluding tert-OH is 1. The lowest BCUT2D eigenvalue weighted by atomic mass is 10.1. The highest BCUT2D eigenvalue weighted by molar-refractivity contribution is 5.15. The van der Waals surface area contributed by atoms with Crippen LogP contribution in [0.5, 0.6) is 0 Å². The van der Waals surface area contributed by atoms with Crippen molar-refractivity contribution < 1.29 is 14.6 Å². The van der Waals surface area contributed by atoms with Crippen LogP contribution in [0.4, 0.5) is 0 Å². The van der Waals surface area contributed by atoms with Crippen LogP contribution in [0.15, 0.2) is 60.7 Å². The summed E-state index contributed by atoms with van der Waals surface area (Å²) < 4.78 is 0.455. The van der Waals surface area contributed by atoms with E-state index in [0.29, 0.717) is 4.65 Å². The third-order valence-corrected chi connectivity index (χ3v) is 4.07. The molecular weight excluding hydrogens is 262 g/mol. The minimum absolute atomic E-state index is 0.150. The van der Waals surface area contributed by atoms with E-state index in [9.17, 15) is 5.11 Å². The molecule has 0 radical (unpaired) electrons. The van der Waals surface area contributed by atoms with Gasteiger partial charge in [0.05, 0.1) is 5.92 Å². The van der Waals surface area contributed by atoms with Gasteiger partial charge in [0, 0.05) is 11.1 Å². The zero-order valence-electron chi connectivity index (χ0n) is 12.4. The first-order chi connectivity index (χ1) is 10.2. The maximum atomic E-state index is 10.1. The molecule has 0 aliphatic carbocycles. The first kappa shape index (κ1) is 14.3. The summed E-state index contributed by atoms with van der Waals surface area (Å²) in [6.45, 7) is 4.42. The molecule has 0 aromatic heterocycles. The smallest absolute Gasteiger partial charge is 0.221 e. The highest BCUT2D eigenvalue weighted by Gasteiger charge is 2.45. The van der Waals surface area contributed by atoms with E-state index in [-0.39, 0.29) is 5.92 Å². The van der Waals surface area contributed by atoms with Gasteiger partial charge in [-0.15, -0.1) is 0 Å². The Morgan fingerprint density at radius 1 is 0.952 bits per heavy atom. The fourth-order valence-electron chi connectivity index (χ4n) is 3.08. The Kier molecular flexibility index (Phi) is 4.06. The van der Waals surface area contributed by atoms with Gasteiger partial charge in [0.15, 0.2) is 0 Å². The predicted octanol–water partition coefficient (Wildman–Crippen LogP) is 3.10. The van der Waals surface area contributed by atoms with Crippen LogP contribution in [-0.4, -0.2) is 22.6 Å². The van der Waals surface area contributed by atoms with Gasteiger partial charge in [-0.25, -0.2) is 0 Å². The van der Waals surface area contributed by atoms with Gasteiger partial charge in [-0.05, 0) is 0 Å². The number of nitrogens with zero attached hydrogens (tertiary/aromatic N) is 1. The van der Waals surface area contributed by atoms with Crippen molar-refractivity contribution in [2.24, 2.45) is 5.92 Å². The largest absolute Gasteiger partial charge is 0.363 e. The second-order valence-corrected chi connectivity index (χ2v) is 6.00. The maximum absolute atomic E-state index is 10.1. The molecule has 2 aromatic rings. The Morgan fingerprint density at radius 3 is 1.81 bits per heavy atom. The van der Waals surface area contributed by atoms with E-state index in [1.807, 2.05) is 43.3 Å². The average Bonchev–Trinajstić information content (AvgIpc) is 2.75. The molecule has 0 saturated carbocycles. The first-order valence-corrected chi connectivity index (χ1v) is 7.47. The highest BCUT2D eigenvalue weighted by atomic mass is 16.8. The van der Waals surface area contributed by atoms with E-state index in [2.05, 4.69) is 24.3 Å². The maximum Gasteiger partial charge on any atom is 0.221 e. The second-order valence-electron chi connectivity index (χ2n) is 6.00. The molecule has 1 aliphatic heterocycles. The summed E-state index contributed by atoms with van der Waals surface area (Å²) in [6.07, 6.45) is -0.683. The van der Waals surface area contributed by atoms with Crippen LogP contribution < -0.4 is 0 Å². The van der Waals surface area contributed by atoms with Crippen molar-refractivity contribution in [1.82, 2.24) is 0 Å². The number of rotatable bonds is 4. The third kappa shape index (κ3) is 3.32. The Labute approximate surface area is 126 Å². The Hall–Kier alpha value is -1.68. The second kappa shape index (κ2) is 5.98. The average molecular weight is 284 g/mol. The molecule has 0 bridgehead atoms. The van der Waals surface area contributed by atoms with Crippen molar-refractivity contribution in [2.45, 2.75) is 26.3 Å². The minimum atomic E-state index is -0.683. The predicted molar refractivity (Wildman–Crippen MR) is 81.7 cm³/mol. The Balaban J connectivity index is 1.85. The van der Waals surface area contributed by atoms with Gasteiger partial charge in [0.2, 0.25) is 6.29 Å². The number of aliphatic hydroxyl groups is 1. The molecule has 3 rings (SSSR count). The molecular formula is C18H22NO2+. The van der Waals surface area contributed by atoms with Crippen LogP contribution in [0.3, 0.4) is 0 Å². The molecule has 21 heavy (non-hydrogen) atoms. The van der Waals surface area contributed by atoms with Gasteiger partial charge in [0.1, 0.15) is 19.6 Å². The van der Waals surface area contributed by atoms with E-state index in [1.54, 1.807) is 0 Å². The van der Waals surface area contributed by atoms with E-state index < -0.39 is 6.29 Å². The monoisotopic (exact) mass is 284 g/mol. The van der Waals surface area contributed by atoms with Crippen LogP contribution in [0.2, 0.25) is 0 Å². The highest BCUT2D eigenvalue weighted by Crippen LogP contribution is 2.31. The van der Waals surface area contributed by atoms with Crippen molar-refractivity contribution in [3.05, 3.63) is 71.8 Å². The van der Waals surface area contributed by atoms with Crippen molar-refractivity contribution in [1.29, 1.82) is 0 Å². The summed E-state index contributed by atoms with van der Waals surface area (Å²) in [5, 5.41) is 10.1. The van der Waals surface area contributed by atoms with Gasteiger partial charge in [-0.1, -0.05) is 67.6 Å². The fraction of sp³-hybridized carbons (Fsp3) is 0.333. The van der Waals surface area contributed by atoms with Crippen LogP contribution >= 0.6 is 0 Å². The van der Waals surface area contributed by atoms with Gasteiger partial charge >= 0.3 is 0 Å². The van der Waals surface area contributed by atoms with Crippen LogP contribution in [0.25, 0.3) is 0 Å². The Morgan fingerprint density at radius 2 is 1.43 bits per heavy atom. The summed E-state index contributed by atoms with van der Waals surface area (Å²) in [5.41, 5.74) is 2.46. The van der Waals surface area contributed by atoms with Crippen LogP contribution in [0.1, 0.15) is 18.1 Å². The molecule has 0 amide bonds. The van der Waals surface area contributed by atoms with Crippen molar-refractivity contribution in [2.75, 3.05) is 6.54 Å². The lowest BCUT2D eigenvalue weighted by molar-refractivity contribution is -1.12. The molecule has 0 spiro atoms. The van der Waals surface area contributed by atoms with Gasteiger partial charge in [-0.2, -0.15) is 9.48 Å². The molecule has 1 aliphatic rings. The first-order valence-electron chi connectivity index (χ1n) is 7.47. The molecule has 2 atom stereocenters. The number of hydrogen-bond donors (Lipinski definition) is 1. The molecule has 1 heterocycles. The molecule has 1 saturated heterocycles. The fourth-order valence-corrected chi connectivity index (χ4v) is 3.08. The molecule has 110 valence electrons. The number of hydrogen-bond acceptors (Lipinski definition) is 2. The quantitative estimate of drug-likeness (QED) is 0.874. The van der Waals surface area contributed by atoms with Gasteiger partial charge < -0.3 is 5.11 Å². The third-order valence-electron chi connectivity index (χ3n) is 4.07. The lowest BCUT2D eigenvalue weighted by Crippen LogP contribution is -2.43. The molecule has 2 aromatic carbocycles. The number of hydroxylamine groups is 3. The number of quaternary nitrogens is 1. The van der Waals surface area contributed by atoms with E-state index in [0.717, 1.165) is 19.6 Å². The molecule has 3 heteroatoms. The van der Waals surface area contributed by atoms with Crippen LogP contribution in [0, 0.1) is 5.92 Å². The zero-order valence-corrected chi connectivity index (χ0v) is 12.4. The summed E-state index contributed by atoms with van der Waals surface area (Å²) in [6, 6.07) is 20.7. The molecule has 1 fully saturated rings. The van der Waals surface area contributed by atoms with Crippen molar-refractivity contribution in [3.63, 3.8) is 0 Å². The molecule has 3 nitrogen and oxygen atoms in total. The van der Waals surface area contributed by atoms with Crippen molar-refractivity contribution in [3.8, 4) is 0 Å². The van der Waals surface area contributed by atoms with Crippen molar-refractivity contribution >= 4 is 0 Å². The SMILES string of the molecule is CC1C[N+](Cc2ccccc2)(Cc2ccccc2)OC1O.